The Balaban J connectivity index is 2.12. The summed E-state index contributed by atoms with van der Waals surface area (Å²) in [5.41, 5.74) is 9.10. The minimum Gasteiger partial charge on any atom is -0.325 e. The van der Waals surface area contributed by atoms with Crippen molar-refractivity contribution in [3.05, 3.63) is 35.8 Å². The molecule has 2 N–H and O–H groups in total. The first-order valence-electron chi connectivity index (χ1n) is 5.55. The van der Waals surface area contributed by atoms with Crippen molar-refractivity contribution in [1.82, 2.24) is 9.38 Å². The van der Waals surface area contributed by atoms with Crippen LogP contribution in [0.1, 0.15) is 36.6 Å². The highest BCUT2D eigenvalue weighted by Gasteiger charge is 2.22. The van der Waals surface area contributed by atoms with Crippen molar-refractivity contribution in [3.63, 3.8) is 0 Å². The van der Waals surface area contributed by atoms with Crippen LogP contribution < -0.4 is 5.73 Å². The van der Waals surface area contributed by atoms with Gasteiger partial charge in [-0.1, -0.05) is 12.5 Å². The predicted octanol–water partition coefficient (Wildman–Crippen LogP) is 2.06. The lowest BCUT2D eigenvalue weighted by atomic mass is 9.83. The molecule has 1 aliphatic rings. The van der Waals surface area contributed by atoms with E-state index in [9.17, 15) is 0 Å². The van der Waals surface area contributed by atoms with Crippen molar-refractivity contribution in [2.75, 3.05) is 0 Å². The molecule has 2 aromatic heterocycles. The Bertz CT molecular complexity index is 483. The Morgan fingerprint density at radius 3 is 2.93 bits per heavy atom. The predicted molar refractivity (Wildman–Crippen MR) is 59.7 cm³/mol. The van der Waals surface area contributed by atoms with Crippen LogP contribution in [0.3, 0.4) is 0 Å². The molecular formula is C12H15N3. The Kier molecular flexibility index (Phi) is 1.99. The van der Waals surface area contributed by atoms with Gasteiger partial charge in [-0.25, -0.2) is 4.98 Å². The molecule has 0 amide bonds. The summed E-state index contributed by atoms with van der Waals surface area (Å²) in [7, 11) is 0. The number of pyridine rings is 1. The van der Waals surface area contributed by atoms with Crippen molar-refractivity contribution in [3.8, 4) is 0 Å². The second-order valence-electron chi connectivity index (χ2n) is 4.24. The van der Waals surface area contributed by atoms with Gasteiger partial charge >= 0.3 is 0 Å². The molecule has 1 saturated carbocycles. The van der Waals surface area contributed by atoms with Gasteiger partial charge in [0.1, 0.15) is 5.65 Å². The summed E-state index contributed by atoms with van der Waals surface area (Å²) in [6, 6.07) is 6.12. The monoisotopic (exact) mass is 201 g/mol. The largest absolute Gasteiger partial charge is 0.325 e. The second kappa shape index (κ2) is 3.35. The topological polar surface area (TPSA) is 43.3 Å². The number of nitrogens with two attached hydrogens (primary N) is 1. The summed E-state index contributed by atoms with van der Waals surface area (Å²) >= 11 is 0. The molecule has 3 rings (SSSR count). The fourth-order valence-corrected chi connectivity index (χ4v) is 2.15. The number of rotatable bonds is 2. The summed E-state index contributed by atoms with van der Waals surface area (Å²) in [5.74, 6) is 0.690. The maximum atomic E-state index is 5.70. The van der Waals surface area contributed by atoms with Gasteiger partial charge in [0, 0.05) is 24.4 Å². The smallest absolute Gasteiger partial charge is 0.137 e. The van der Waals surface area contributed by atoms with E-state index in [1.165, 1.54) is 25.0 Å². The minimum atomic E-state index is 0.567. The summed E-state index contributed by atoms with van der Waals surface area (Å²) < 4.78 is 2.12. The summed E-state index contributed by atoms with van der Waals surface area (Å²) in [5, 5.41) is 0. The van der Waals surface area contributed by atoms with Crippen LogP contribution >= 0.6 is 0 Å². The van der Waals surface area contributed by atoms with Gasteiger partial charge in [-0.05, 0) is 25.0 Å². The molecule has 0 aromatic carbocycles. The highest BCUT2D eigenvalue weighted by molar-refractivity contribution is 5.42. The highest BCUT2D eigenvalue weighted by atomic mass is 15.0. The molecule has 2 heterocycles. The first-order chi connectivity index (χ1) is 7.38. The number of hydrogen-bond donors (Lipinski definition) is 1. The molecule has 3 nitrogen and oxygen atoms in total. The lowest BCUT2D eigenvalue weighted by Crippen LogP contribution is -2.08. The van der Waals surface area contributed by atoms with Gasteiger partial charge < -0.3 is 10.1 Å². The third kappa shape index (κ3) is 1.35. The molecule has 0 saturated heterocycles. The summed E-state index contributed by atoms with van der Waals surface area (Å²) in [4.78, 5) is 4.65. The molecule has 0 bridgehead atoms. The van der Waals surface area contributed by atoms with Gasteiger partial charge in [0.2, 0.25) is 0 Å². The van der Waals surface area contributed by atoms with E-state index in [1.54, 1.807) is 0 Å². The molecule has 1 fully saturated rings. The van der Waals surface area contributed by atoms with Gasteiger partial charge in [0.05, 0.1) is 5.69 Å². The zero-order chi connectivity index (χ0) is 10.3. The van der Waals surface area contributed by atoms with E-state index in [0.29, 0.717) is 12.5 Å². The SMILES string of the molecule is NCc1cccc2nc(C3CCC3)cn12. The molecule has 0 unspecified atom stereocenters. The quantitative estimate of drug-likeness (QED) is 0.808. The lowest BCUT2D eigenvalue weighted by molar-refractivity contribution is 0.412. The van der Waals surface area contributed by atoms with Crippen LogP contribution in [0.25, 0.3) is 5.65 Å². The van der Waals surface area contributed by atoms with Crippen LogP contribution in [-0.2, 0) is 6.54 Å². The van der Waals surface area contributed by atoms with Crippen LogP contribution in [-0.4, -0.2) is 9.38 Å². The third-order valence-electron chi connectivity index (χ3n) is 3.33. The van der Waals surface area contributed by atoms with Crippen LogP contribution in [0.4, 0.5) is 0 Å². The van der Waals surface area contributed by atoms with Crippen molar-refractivity contribution < 1.29 is 0 Å². The van der Waals surface area contributed by atoms with Crippen molar-refractivity contribution in [1.29, 1.82) is 0 Å². The van der Waals surface area contributed by atoms with Gasteiger partial charge in [-0.2, -0.15) is 0 Å². The zero-order valence-electron chi connectivity index (χ0n) is 8.69. The number of aromatic nitrogens is 2. The zero-order valence-corrected chi connectivity index (χ0v) is 8.69. The summed E-state index contributed by atoms with van der Waals surface area (Å²) in [6.07, 6.45) is 6.09. The highest BCUT2D eigenvalue weighted by Crippen LogP contribution is 2.35. The molecule has 3 heteroatoms. The van der Waals surface area contributed by atoms with Crippen molar-refractivity contribution in [2.24, 2.45) is 5.73 Å². The fraction of sp³-hybridized carbons (Fsp3) is 0.417. The van der Waals surface area contributed by atoms with Gasteiger partial charge in [-0.3, -0.25) is 0 Å². The third-order valence-corrected chi connectivity index (χ3v) is 3.33. The summed E-state index contributed by atoms with van der Waals surface area (Å²) in [6.45, 7) is 0.567. The van der Waals surface area contributed by atoms with E-state index in [4.69, 9.17) is 5.73 Å². The maximum Gasteiger partial charge on any atom is 0.137 e. The van der Waals surface area contributed by atoms with Crippen LogP contribution in [0, 0.1) is 0 Å². The molecule has 0 atom stereocenters. The number of nitrogens with zero attached hydrogens (tertiary/aromatic N) is 2. The molecule has 0 spiro atoms. The van der Waals surface area contributed by atoms with E-state index in [1.807, 2.05) is 12.1 Å². The fourth-order valence-electron chi connectivity index (χ4n) is 2.15. The van der Waals surface area contributed by atoms with Crippen LogP contribution in [0.2, 0.25) is 0 Å². The van der Waals surface area contributed by atoms with Gasteiger partial charge in [0.15, 0.2) is 0 Å². The van der Waals surface area contributed by atoms with Crippen molar-refractivity contribution in [2.45, 2.75) is 31.7 Å². The standard InChI is InChI=1S/C12H15N3/c13-7-10-5-2-6-12-14-11(8-15(10)12)9-3-1-4-9/h2,5-6,8-9H,1,3-4,7,13H2. The Morgan fingerprint density at radius 2 is 2.27 bits per heavy atom. The molecule has 0 radical (unpaired) electrons. The van der Waals surface area contributed by atoms with Crippen LogP contribution in [0.5, 0.6) is 0 Å². The normalized spacial score (nSPS) is 16.9. The maximum absolute atomic E-state index is 5.70. The average Bonchev–Trinajstić information content (AvgIpc) is 2.57. The first kappa shape index (κ1) is 8.92. The number of imidazole rings is 1. The molecule has 1 aliphatic carbocycles. The molecule has 0 aliphatic heterocycles. The van der Waals surface area contributed by atoms with E-state index >= 15 is 0 Å². The van der Waals surface area contributed by atoms with E-state index in [-0.39, 0.29) is 0 Å². The Morgan fingerprint density at radius 1 is 1.40 bits per heavy atom. The Labute approximate surface area is 88.9 Å². The van der Waals surface area contributed by atoms with Gasteiger partial charge in [-0.15, -0.1) is 0 Å². The molecule has 78 valence electrons. The van der Waals surface area contributed by atoms with E-state index < -0.39 is 0 Å². The average molecular weight is 201 g/mol. The van der Waals surface area contributed by atoms with Crippen molar-refractivity contribution >= 4 is 5.65 Å². The second-order valence-corrected chi connectivity index (χ2v) is 4.24. The number of fused-ring (bicyclic) bond motifs is 1. The lowest BCUT2D eigenvalue weighted by Gasteiger charge is -2.22. The van der Waals surface area contributed by atoms with E-state index in [2.05, 4.69) is 21.6 Å². The first-order valence-corrected chi connectivity index (χ1v) is 5.55. The minimum absolute atomic E-state index is 0.567. The molecular weight excluding hydrogens is 186 g/mol. The number of hydrogen-bond acceptors (Lipinski definition) is 2. The van der Waals surface area contributed by atoms with Crippen LogP contribution in [0.15, 0.2) is 24.4 Å². The molecule has 15 heavy (non-hydrogen) atoms. The van der Waals surface area contributed by atoms with E-state index in [0.717, 1.165) is 11.3 Å². The Hall–Kier alpha value is -1.35. The van der Waals surface area contributed by atoms with Gasteiger partial charge in [0.25, 0.3) is 0 Å². The molecule has 2 aromatic rings.